The Morgan fingerprint density at radius 3 is 3.08 bits per heavy atom. The third kappa shape index (κ3) is 1.26. The van der Waals surface area contributed by atoms with Crippen LogP contribution in [0.25, 0.3) is 0 Å². The third-order valence-electron chi connectivity index (χ3n) is 2.70. The summed E-state index contributed by atoms with van der Waals surface area (Å²) in [5.74, 6) is 0.742. The topological polar surface area (TPSA) is 0 Å². The van der Waals surface area contributed by atoms with E-state index in [0.717, 1.165) is 5.92 Å². The summed E-state index contributed by atoms with van der Waals surface area (Å²) in [5.41, 5.74) is 3.13. The number of fused-ring (bicyclic) bond motifs is 1. The van der Waals surface area contributed by atoms with Crippen molar-refractivity contribution in [1.82, 2.24) is 0 Å². The van der Waals surface area contributed by atoms with Gasteiger partial charge in [0.25, 0.3) is 0 Å². The Bertz CT molecular complexity index is 260. The Balaban J connectivity index is 2.24. The molecule has 0 aliphatic heterocycles. The fraction of sp³-hybridized carbons (Fsp3) is 0.417. The van der Waals surface area contributed by atoms with Gasteiger partial charge < -0.3 is 0 Å². The van der Waals surface area contributed by atoms with Gasteiger partial charge in [0.05, 0.1) is 0 Å². The monoisotopic (exact) mass is 159 g/mol. The molecule has 0 N–H and O–H groups in total. The van der Waals surface area contributed by atoms with Gasteiger partial charge in [0.2, 0.25) is 0 Å². The second-order valence-electron chi connectivity index (χ2n) is 3.49. The molecule has 0 heteroatoms. The van der Waals surface area contributed by atoms with Crippen molar-refractivity contribution in [2.45, 2.75) is 32.1 Å². The van der Waals surface area contributed by atoms with E-state index in [2.05, 4.69) is 37.6 Å². The van der Waals surface area contributed by atoms with Crippen LogP contribution in [0.1, 0.15) is 36.8 Å². The summed E-state index contributed by atoms with van der Waals surface area (Å²) in [5, 5.41) is 0. The van der Waals surface area contributed by atoms with E-state index in [1.54, 1.807) is 11.1 Å². The van der Waals surface area contributed by atoms with Gasteiger partial charge >= 0.3 is 0 Å². The van der Waals surface area contributed by atoms with Crippen molar-refractivity contribution in [3.8, 4) is 0 Å². The normalized spacial score (nSPS) is 20.9. The summed E-state index contributed by atoms with van der Waals surface area (Å²) in [6.07, 6.45) is 6.23. The summed E-state index contributed by atoms with van der Waals surface area (Å²) in [4.78, 5) is 0. The van der Waals surface area contributed by atoms with E-state index in [1.165, 1.54) is 19.3 Å². The number of hydrogen-bond acceptors (Lipinski definition) is 0. The van der Waals surface area contributed by atoms with Gasteiger partial charge in [-0.25, -0.2) is 0 Å². The van der Waals surface area contributed by atoms with Crippen molar-refractivity contribution in [1.29, 1.82) is 0 Å². The van der Waals surface area contributed by atoms with Gasteiger partial charge in [-0.2, -0.15) is 0 Å². The molecule has 0 nitrogen and oxygen atoms in total. The predicted molar refractivity (Wildman–Crippen MR) is 52.1 cm³/mol. The third-order valence-corrected chi connectivity index (χ3v) is 2.70. The van der Waals surface area contributed by atoms with Gasteiger partial charge in [-0.05, 0) is 36.3 Å². The van der Waals surface area contributed by atoms with Crippen molar-refractivity contribution in [2.75, 3.05) is 0 Å². The number of aryl methyl sites for hydroxylation is 1. The molecular weight excluding hydrogens is 144 g/mol. The van der Waals surface area contributed by atoms with Gasteiger partial charge in [-0.15, -0.1) is 0 Å². The molecule has 0 heterocycles. The molecule has 0 spiro atoms. The average Bonchev–Trinajstić information content (AvgIpc) is 2.50. The second kappa shape index (κ2) is 3.30. The lowest BCUT2D eigenvalue weighted by Crippen LogP contribution is -1.92. The first-order valence-electron chi connectivity index (χ1n) is 4.83. The van der Waals surface area contributed by atoms with Crippen LogP contribution in [-0.4, -0.2) is 0 Å². The lowest BCUT2D eigenvalue weighted by atomic mass is 9.97. The SMILES string of the molecule is CC[CH]C1CCc2ccccc21. The smallest absolute Gasteiger partial charge is 0.0125 e. The highest BCUT2D eigenvalue weighted by Crippen LogP contribution is 2.35. The number of benzene rings is 1. The van der Waals surface area contributed by atoms with Crippen molar-refractivity contribution in [2.24, 2.45) is 0 Å². The first-order chi connectivity index (χ1) is 5.92. The van der Waals surface area contributed by atoms with E-state index < -0.39 is 0 Å². The molecule has 12 heavy (non-hydrogen) atoms. The quantitative estimate of drug-likeness (QED) is 0.621. The van der Waals surface area contributed by atoms with E-state index in [9.17, 15) is 0 Å². The van der Waals surface area contributed by atoms with Crippen molar-refractivity contribution < 1.29 is 0 Å². The Morgan fingerprint density at radius 1 is 1.42 bits per heavy atom. The van der Waals surface area contributed by atoms with Crippen LogP contribution in [0.3, 0.4) is 0 Å². The Morgan fingerprint density at radius 2 is 2.25 bits per heavy atom. The Hall–Kier alpha value is -0.780. The number of rotatable bonds is 2. The maximum atomic E-state index is 2.44. The molecular formula is C12H15. The fourth-order valence-corrected chi connectivity index (χ4v) is 2.12. The largest absolute Gasteiger partial charge is 0.0651 e. The molecule has 1 atom stereocenters. The standard InChI is InChI=1S/C12H15/c1-2-5-10-8-9-11-6-3-4-7-12(10)11/h3-7,10H,2,8-9H2,1H3. The first-order valence-corrected chi connectivity index (χ1v) is 4.83. The van der Waals surface area contributed by atoms with Crippen molar-refractivity contribution in [3.05, 3.63) is 41.8 Å². The molecule has 1 aliphatic rings. The second-order valence-corrected chi connectivity index (χ2v) is 3.49. The van der Waals surface area contributed by atoms with Crippen LogP contribution in [0.5, 0.6) is 0 Å². The lowest BCUT2D eigenvalue weighted by molar-refractivity contribution is 0.735. The minimum atomic E-state index is 0.742. The summed E-state index contributed by atoms with van der Waals surface area (Å²) in [7, 11) is 0. The molecule has 0 fully saturated rings. The molecule has 0 saturated heterocycles. The highest BCUT2D eigenvalue weighted by Gasteiger charge is 2.20. The van der Waals surface area contributed by atoms with Crippen LogP contribution in [0.4, 0.5) is 0 Å². The molecule has 1 aromatic rings. The highest BCUT2D eigenvalue weighted by molar-refractivity contribution is 5.36. The van der Waals surface area contributed by atoms with Crippen molar-refractivity contribution >= 4 is 0 Å². The van der Waals surface area contributed by atoms with E-state index in [4.69, 9.17) is 0 Å². The van der Waals surface area contributed by atoms with Gasteiger partial charge in [0.15, 0.2) is 0 Å². The minimum Gasteiger partial charge on any atom is -0.0651 e. The predicted octanol–water partition coefficient (Wildman–Crippen LogP) is 3.33. The van der Waals surface area contributed by atoms with Gasteiger partial charge in [0, 0.05) is 0 Å². The molecule has 0 aromatic heterocycles. The van der Waals surface area contributed by atoms with E-state index in [-0.39, 0.29) is 0 Å². The van der Waals surface area contributed by atoms with Crippen LogP contribution in [0.15, 0.2) is 24.3 Å². The van der Waals surface area contributed by atoms with E-state index in [0.29, 0.717) is 0 Å². The molecule has 1 aliphatic carbocycles. The van der Waals surface area contributed by atoms with Crippen LogP contribution < -0.4 is 0 Å². The van der Waals surface area contributed by atoms with Crippen molar-refractivity contribution in [3.63, 3.8) is 0 Å². The summed E-state index contributed by atoms with van der Waals surface area (Å²) < 4.78 is 0. The van der Waals surface area contributed by atoms with Crippen LogP contribution >= 0.6 is 0 Å². The summed E-state index contributed by atoms with van der Waals surface area (Å²) in [6.45, 7) is 2.22. The van der Waals surface area contributed by atoms with Crippen LogP contribution in [0.2, 0.25) is 0 Å². The lowest BCUT2D eigenvalue weighted by Gasteiger charge is -2.08. The summed E-state index contributed by atoms with van der Waals surface area (Å²) >= 11 is 0. The van der Waals surface area contributed by atoms with Gasteiger partial charge in [-0.3, -0.25) is 0 Å². The first kappa shape index (κ1) is 7.85. The molecule has 1 unspecified atom stereocenters. The van der Waals surface area contributed by atoms with Gasteiger partial charge in [-0.1, -0.05) is 37.6 Å². The molecule has 2 rings (SSSR count). The zero-order chi connectivity index (χ0) is 8.39. The maximum absolute atomic E-state index is 2.44. The average molecular weight is 159 g/mol. The highest BCUT2D eigenvalue weighted by atomic mass is 14.2. The fourth-order valence-electron chi connectivity index (χ4n) is 2.12. The van der Waals surface area contributed by atoms with Crippen LogP contribution in [-0.2, 0) is 6.42 Å². The summed E-state index contributed by atoms with van der Waals surface area (Å²) in [6, 6.07) is 8.84. The molecule has 1 aromatic carbocycles. The molecule has 0 bridgehead atoms. The zero-order valence-electron chi connectivity index (χ0n) is 7.59. The zero-order valence-corrected chi connectivity index (χ0v) is 7.59. The van der Waals surface area contributed by atoms with E-state index in [1.807, 2.05) is 0 Å². The van der Waals surface area contributed by atoms with Gasteiger partial charge in [0.1, 0.15) is 0 Å². The molecule has 1 radical (unpaired) electrons. The molecule has 0 amide bonds. The maximum Gasteiger partial charge on any atom is -0.0125 e. The molecule has 0 saturated carbocycles. The number of hydrogen-bond donors (Lipinski definition) is 0. The molecule has 63 valence electrons. The van der Waals surface area contributed by atoms with E-state index >= 15 is 0 Å². The minimum absolute atomic E-state index is 0.742. The Kier molecular flexibility index (Phi) is 2.16. The van der Waals surface area contributed by atoms with Crippen LogP contribution in [0, 0.1) is 6.42 Å². The Labute approximate surface area is 74.6 Å².